The summed E-state index contributed by atoms with van der Waals surface area (Å²) in [6.45, 7) is 13.6. The number of pyridine rings is 2. The monoisotopic (exact) mass is 1020 g/mol. The molecule has 0 aliphatic carbocycles. The number of hydrogen-bond acceptors (Lipinski definition) is 3. The topological polar surface area (TPSA) is 50.9 Å². The van der Waals surface area contributed by atoms with Crippen molar-refractivity contribution in [3.05, 3.63) is 205 Å². The van der Waals surface area contributed by atoms with Crippen molar-refractivity contribution < 1.29 is 26.2 Å². The summed E-state index contributed by atoms with van der Waals surface area (Å²) in [6.07, 6.45) is 1.90. The van der Waals surface area contributed by atoms with Gasteiger partial charge >= 0.3 is 0 Å². The molecule has 10 rings (SSSR count). The molecule has 0 saturated carbocycles. The fraction of sp³-hybridized carbons (Fsp3) is 0.133. The van der Waals surface area contributed by atoms with Crippen LogP contribution in [-0.2, 0) is 31.9 Å². The van der Waals surface area contributed by atoms with E-state index in [1.807, 2.05) is 30.5 Å². The Morgan fingerprint density at radius 3 is 1.80 bits per heavy atom. The Balaban J connectivity index is 0.00000533. The van der Waals surface area contributed by atoms with E-state index in [9.17, 15) is 5.11 Å². The minimum absolute atomic E-state index is 0. The van der Waals surface area contributed by atoms with Crippen LogP contribution in [0.25, 0.3) is 94.6 Å². The predicted octanol–water partition coefficient (Wildman–Crippen LogP) is 15.7. The van der Waals surface area contributed by atoms with Crippen LogP contribution in [0.1, 0.15) is 52.7 Å². The third kappa shape index (κ3) is 8.36. The van der Waals surface area contributed by atoms with Crippen molar-refractivity contribution in [3.63, 3.8) is 0 Å². The molecule has 0 spiro atoms. The van der Waals surface area contributed by atoms with Gasteiger partial charge in [-0.15, -0.1) is 18.2 Å². The van der Waals surface area contributed by atoms with Crippen LogP contribution in [0.3, 0.4) is 0 Å². The van der Waals surface area contributed by atoms with Gasteiger partial charge in [0.25, 0.3) is 0 Å². The maximum atomic E-state index is 11.3. The van der Waals surface area contributed by atoms with Gasteiger partial charge in [-0.25, -0.2) is 0 Å². The number of hydrogen-bond donors (Lipinski definition) is 1. The molecule has 3 aromatic heterocycles. The van der Waals surface area contributed by atoms with Crippen LogP contribution >= 0.6 is 0 Å². The van der Waals surface area contributed by atoms with E-state index in [-0.39, 0.29) is 37.6 Å². The molecule has 0 saturated heterocycles. The van der Waals surface area contributed by atoms with Gasteiger partial charge in [-0.3, -0.25) is 9.97 Å². The van der Waals surface area contributed by atoms with Crippen molar-refractivity contribution in [1.29, 1.82) is 0 Å². The van der Waals surface area contributed by atoms with Crippen LogP contribution in [0.5, 0.6) is 5.75 Å². The Bertz CT molecular complexity index is 3320. The number of nitrogens with zero attached hydrogens (tertiary/aromatic N) is 3. The number of aromatic nitrogens is 3. The minimum Gasteiger partial charge on any atom is -0.507 e. The molecule has 3 heterocycles. The maximum absolute atomic E-state index is 11.3. The van der Waals surface area contributed by atoms with E-state index in [0.717, 1.165) is 72.6 Å². The third-order valence-corrected chi connectivity index (χ3v) is 12.3. The van der Waals surface area contributed by atoms with Gasteiger partial charge in [-0.05, 0) is 81.1 Å². The molecule has 0 radical (unpaired) electrons. The van der Waals surface area contributed by atoms with Gasteiger partial charge in [0.1, 0.15) is 5.75 Å². The van der Waals surface area contributed by atoms with Crippen molar-refractivity contribution in [1.82, 2.24) is 14.5 Å². The van der Waals surface area contributed by atoms with Gasteiger partial charge < -0.3 is 9.67 Å². The van der Waals surface area contributed by atoms with Crippen LogP contribution in [0.4, 0.5) is 0 Å². The van der Waals surface area contributed by atoms with Crippen LogP contribution in [0.2, 0.25) is 0 Å². The van der Waals surface area contributed by atoms with Crippen LogP contribution < -0.4 is 0 Å². The summed E-state index contributed by atoms with van der Waals surface area (Å²) in [5.41, 5.74) is 16.8. The number of phenols is 1. The van der Waals surface area contributed by atoms with Gasteiger partial charge in [0, 0.05) is 66.2 Å². The molecule has 0 aliphatic rings. The normalized spacial score (nSPS) is 11.8. The Hall–Kier alpha value is -6.87. The van der Waals surface area contributed by atoms with E-state index in [2.05, 4.69) is 204 Å². The Morgan fingerprint density at radius 1 is 0.477 bits per heavy atom. The molecular formula is C60H50N3OPt-. The summed E-state index contributed by atoms with van der Waals surface area (Å²) in [5.74, 6) is 0.181. The maximum Gasteiger partial charge on any atom is 0.124 e. The van der Waals surface area contributed by atoms with E-state index in [1.54, 1.807) is 6.07 Å². The summed E-state index contributed by atoms with van der Waals surface area (Å²) >= 11 is 0. The van der Waals surface area contributed by atoms with Gasteiger partial charge in [0.05, 0.1) is 16.7 Å². The van der Waals surface area contributed by atoms with Crippen molar-refractivity contribution in [3.8, 4) is 78.6 Å². The molecule has 65 heavy (non-hydrogen) atoms. The van der Waals surface area contributed by atoms with Crippen molar-refractivity contribution in [2.45, 2.75) is 52.4 Å². The average Bonchev–Trinajstić information content (AvgIpc) is 3.66. The van der Waals surface area contributed by atoms with Gasteiger partial charge in [-0.1, -0.05) is 191 Å². The molecule has 0 atom stereocenters. The molecule has 0 unspecified atom stereocenters. The number of aromatic hydroxyl groups is 1. The molecule has 4 nitrogen and oxygen atoms in total. The first-order chi connectivity index (χ1) is 30.9. The van der Waals surface area contributed by atoms with E-state index in [0.29, 0.717) is 11.3 Å². The zero-order valence-corrected chi connectivity index (χ0v) is 39.8. The first-order valence-electron chi connectivity index (χ1n) is 22.0. The molecule has 7 aromatic carbocycles. The van der Waals surface area contributed by atoms with Crippen LogP contribution in [0, 0.1) is 6.07 Å². The summed E-state index contributed by atoms with van der Waals surface area (Å²) in [7, 11) is 0. The van der Waals surface area contributed by atoms with E-state index in [4.69, 9.17) is 9.97 Å². The van der Waals surface area contributed by atoms with Crippen molar-refractivity contribution >= 4 is 21.8 Å². The van der Waals surface area contributed by atoms with E-state index < -0.39 is 0 Å². The molecule has 5 heteroatoms. The molecule has 0 aliphatic heterocycles. The molecular weight excluding hydrogens is 974 g/mol. The number of para-hydroxylation sites is 4. The zero-order chi connectivity index (χ0) is 44.2. The number of rotatable bonds is 7. The third-order valence-electron chi connectivity index (χ3n) is 12.3. The number of fused-ring (bicyclic) bond motifs is 3. The second kappa shape index (κ2) is 17.3. The summed E-state index contributed by atoms with van der Waals surface area (Å²) in [4.78, 5) is 10.4. The number of phenolic OH excluding ortho intramolecular Hbond substituents is 1. The molecule has 322 valence electrons. The quantitative estimate of drug-likeness (QED) is 0.162. The minimum atomic E-state index is -0.0693. The van der Waals surface area contributed by atoms with E-state index in [1.165, 1.54) is 21.9 Å². The van der Waals surface area contributed by atoms with Crippen LogP contribution in [0.15, 0.2) is 188 Å². The average molecular weight is 1020 g/mol. The van der Waals surface area contributed by atoms with Gasteiger partial charge in [-0.2, -0.15) is 0 Å². The molecule has 0 bridgehead atoms. The first-order valence-corrected chi connectivity index (χ1v) is 22.0. The van der Waals surface area contributed by atoms with Crippen molar-refractivity contribution in [2.24, 2.45) is 0 Å². The standard InChI is InChI=1S/C60H50N3O.Pt/c1-59(2,3)44-32-42(33-45(38-44)60(4,5)6)43-36-54(51-23-14-16-27-57(51)64)62-55(37-43)52-34-41(28-29-47(52)39-18-9-7-10-19-39)53-35-40(30-31-61-53)48-24-17-25-50-49-22-13-15-26-56(49)63(58(48)50)46-20-11-8-12-21-46;/h7-33,35-38,64H,1-6H3;/q-1;. The van der Waals surface area contributed by atoms with Gasteiger partial charge in [0.15, 0.2) is 0 Å². The SMILES string of the molecule is CC(C)(C)c1cc(-c2cc(-c3[c-]c(-c4cc(-c5cccc6c7ccccc7n(-c7ccccc7)c56)ccn4)ccc3-c3ccccc3)nc(-c3ccccc3O)c2)cc(C(C)(C)C)c1.[Pt]. The van der Waals surface area contributed by atoms with Gasteiger partial charge in [0.2, 0.25) is 0 Å². The number of benzene rings is 7. The molecule has 1 N–H and O–H groups in total. The molecule has 0 amide bonds. The first kappa shape index (κ1) is 43.4. The summed E-state index contributed by atoms with van der Waals surface area (Å²) in [5, 5.41) is 13.7. The Labute approximate surface area is 396 Å². The molecule has 0 fully saturated rings. The second-order valence-corrected chi connectivity index (χ2v) is 18.8. The summed E-state index contributed by atoms with van der Waals surface area (Å²) < 4.78 is 2.38. The Kier molecular flexibility index (Phi) is 11.5. The Morgan fingerprint density at radius 2 is 1.08 bits per heavy atom. The van der Waals surface area contributed by atoms with Crippen LogP contribution in [-0.4, -0.2) is 19.6 Å². The zero-order valence-electron chi connectivity index (χ0n) is 37.5. The fourth-order valence-corrected chi connectivity index (χ4v) is 8.86. The largest absolute Gasteiger partial charge is 0.507 e. The smallest absolute Gasteiger partial charge is 0.124 e. The second-order valence-electron chi connectivity index (χ2n) is 18.8. The molecule has 10 aromatic rings. The predicted molar refractivity (Wildman–Crippen MR) is 267 cm³/mol. The van der Waals surface area contributed by atoms with Crippen molar-refractivity contribution in [2.75, 3.05) is 0 Å². The summed E-state index contributed by atoms with van der Waals surface area (Å²) in [6, 6.07) is 67.4. The van der Waals surface area contributed by atoms with E-state index >= 15 is 0 Å². The fourth-order valence-electron chi connectivity index (χ4n) is 8.86.